The summed E-state index contributed by atoms with van der Waals surface area (Å²) in [6.45, 7) is 4.71. The molecule has 1 aliphatic rings. The third-order valence-electron chi connectivity index (χ3n) is 5.96. The molecular weight excluding hydrogens is 399 g/mol. The fourth-order valence-electron chi connectivity index (χ4n) is 4.34. The molecule has 7 nitrogen and oxygen atoms in total. The number of likely N-dealkylation sites (tertiary alicyclic amines) is 1. The predicted molar refractivity (Wildman–Crippen MR) is 118 cm³/mol. The van der Waals surface area contributed by atoms with Gasteiger partial charge in [0.05, 0.1) is 11.5 Å². The molecule has 3 aromatic rings. The molecule has 1 N–H and O–H groups in total. The van der Waals surface area contributed by atoms with Crippen LogP contribution >= 0.6 is 0 Å². The molecule has 1 amide bonds. The first-order chi connectivity index (χ1) is 14.9. The minimum absolute atomic E-state index is 0.108. The maximum absolute atomic E-state index is 13.5. The number of nitro benzene ring substituents is 1. The number of piperidine rings is 1. The van der Waals surface area contributed by atoms with Gasteiger partial charge in [-0.1, -0.05) is 12.1 Å². The number of anilines is 1. The van der Waals surface area contributed by atoms with Crippen molar-refractivity contribution >= 4 is 28.2 Å². The Morgan fingerprint density at radius 2 is 1.94 bits per heavy atom. The molecule has 4 rings (SSSR count). The van der Waals surface area contributed by atoms with Crippen molar-refractivity contribution in [2.75, 3.05) is 25.0 Å². The van der Waals surface area contributed by atoms with Gasteiger partial charge in [-0.15, -0.1) is 0 Å². The van der Waals surface area contributed by atoms with Gasteiger partial charge in [-0.3, -0.25) is 19.8 Å². The highest BCUT2D eigenvalue weighted by Gasteiger charge is 2.23. The molecule has 2 aromatic carbocycles. The van der Waals surface area contributed by atoms with Crippen molar-refractivity contribution in [3.8, 4) is 0 Å². The number of rotatable bonds is 6. The van der Waals surface area contributed by atoms with Crippen molar-refractivity contribution < 1.29 is 14.1 Å². The summed E-state index contributed by atoms with van der Waals surface area (Å²) in [4.78, 5) is 25.1. The van der Waals surface area contributed by atoms with E-state index in [9.17, 15) is 19.3 Å². The van der Waals surface area contributed by atoms with E-state index in [1.807, 2.05) is 19.1 Å². The topological polar surface area (TPSA) is 80.4 Å². The van der Waals surface area contributed by atoms with E-state index in [0.29, 0.717) is 5.92 Å². The maximum atomic E-state index is 13.5. The lowest BCUT2D eigenvalue weighted by Crippen LogP contribution is -2.40. The van der Waals surface area contributed by atoms with Gasteiger partial charge in [-0.2, -0.15) is 0 Å². The molecule has 1 aromatic heterocycles. The molecule has 0 saturated carbocycles. The molecule has 31 heavy (non-hydrogen) atoms. The number of para-hydroxylation sites is 2. The molecule has 1 aliphatic heterocycles. The van der Waals surface area contributed by atoms with Crippen molar-refractivity contribution in [2.24, 2.45) is 5.92 Å². The number of halogens is 1. The van der Waals surface area contributed by atoms with Gasteiger partial charge in [0, 0.05) is 29.2 Å². The van der Waals surface area contributed by atoms with Crippen LogP contribution in [0.15, 0.2) is 48.5 Å². The van der Waals surface area contributed by atoms with E-state index in [-0.39, 0.29) is 29.6 Å². The van der Waals surface area contributed by atoms with Crippen LogP contribution in [0.2, 0.25) is 0 Å². The van der Waals surface area contributed by atoms with Crippen molar-refractivity contribution in [3.63, 3.8) is 0 Å². The van der Waals surface area contributed by atoms with Gasteiger partial charge in [-0.05, 0) is 69.1 Å². The van der Waals surface area contributed by atoms with Crippen LogP contribution in [0.4, 0.5) is 15.8 Å². The molecule has 0 unspecified atom stereocenters. The molecule has 0 spiro atoms. The fourth-order valence-corrected chi connectivity index (χ4v) is 4.34. The van der Waals surface area contributed by atoms with Crippen LogP contribution in [0.25, 0.3) is 10.9 Å². The molecule has 0 atom stereocenters. The number of hydrogen-bond donors (Lipinski definition) is 1. The van der Waals surface area contributed by atoms with Gasteiger partial charge < -0.3 is 9.88 Å². The van der Waals surface area contributed by atoms with Crippen LogP contribution in [-0.2, 0) is 11.3 Å². The summed E-state index contributed by atoms with van der Waals surface area (Å²) in [6, 6.07) is 13.1. The van der Waals surface area contributed by atoms with Crippen molar-refractivity contribution in [1.82, 2.24) is 9.47 Å². The standard InChI is InChI=1S/C23H25FN4O3/c1-16-12-18-13-19(24)6-7-21(18)27(16)14-17-8-10-26(11-9-17)15-23(29)25-20-4-2-3-5-22(20)28(30)31/h2-7,12-13,17H,8-11,14-15H2,1H3,(H,25,29). The number of nitrogens with one attached hydrogen (secondary N) is 1. The second-order valence-electron chi connectivity index (χ2n) is 8.14. The lowest BCUT2D eigenvalue weighted by atomic mass is 9.96. The minimum Gasteiger partial charge on any atom is -0.345 e. The highest BCUT2D eigenvalue weighted by atomic mass is 19.1. The summed E-state index contributed by atoms with van der Waals surface area (Å²) < 4.78 is 15.7. The first-order valence-electron chi connectivity index (χ1n) is 10.4. The smallest absolute Gasteiger partial charge is 0.292 e. The van der Waals surface area contributed by atoms with Crippen LogP contribution in [0.5, 0.6) is 0 Å². The Labute approximate surface area is 179 Å². The van der Waals surface area contributed by atoms with Gasteiger partial charge in [0.2, 0.25) is 5.91 Å². The predicted octanol–water partition coefficient (Wildman–Crippen LogP) is 4.35. The Kier molecular flexibility index (Phi) is 5.99. The summed E-state index contributed by atoms with van der Waals surface area (Å²) in [6.07, 6.45) is 1.91. The van der Waals surface area contributed by atoms with Crippen molar-refractivity contribution in [1.29, 1.82) is 0 Å². The Hall–Kier alpha value is -3.26. The van der Waals surface area contributed by atoms with E-state index in [4.69, 9.17) is 0 Å². The second kappa shape index (κ2) is 8.85. The molecule has 1 fully saturated rings. The quantitative estimate of drug-likeness (QED) is 0.471. The summed E-state index contributed by atoms with van der Waals surface area (Å²) in [5.41, 5.74) is 2.28. The van der Waals surface area contributed by atoms with Gasteiger partial charge >= 0.3 is 0 Å². The van der Waals surface area contributed by atoms with E-state index in [1.165, 1.54) is 18.2 Å². The van der Waals surface area contributed by atoms with Crippen LogP contribution in [-0.4, -0.2) is 39.9 Å². The Morgan fingerprint density at radius 1 is 1.19 bits per heavy atom. The van der Waals surface area contributed by atoms with Gasteiger partial charge in [0.15, 0.2) is 0 Å². The van der Waals surface area contributed by atoms with Gasteiger partial charge in [0.1, 0.15) is 11.5 Å². The molecule has 8 heteroatoms. The van der Waals surface area contributed by atoms with Gasteiger partial charge in [-0.25, -0.2) is 4.39 Å². The minimum atomic E-state index is -0.498. The van der Waals surface area contributed by atoms with E-state index in [1.54, 1.807) is 18.2 Å². The molecule has 0 radical (unpaired) electrons. The zero-order chi connectivity index (χ0) is 22.0. The second-order valence-corrected chi connectivity index (χ2v) is 8.14. The highest BCUT2D eigenvalue weighted by molar-refractivity contribution is 5.94. The third-order valence-corrected chi connectivity index (χ3v) is 5.96. The van der Waals surface area contributed by atoms with Crippen LogP contribution in [0, 0.1) is 28.8 Å². The zero-order valence-electron chi connectivity index (χ0n) is 17.4. The fraction of sp³-hybridized carbons (Fsp3) is 0.348. The Bertz CT molecular complexity index is 1120. The van der Waals surface area contributed by atoms with Crippen LogP contribution in [0.3, 0.4) is 0 Å². The number of nitro groups is 1. The highest BCUT2D eigenvalue weighted by Crippen LogP contribution is 2.26. The van der Waals surface area contributed by atoms with Crippen molar-refractivity contribution in [2.45, 2.75) is 26.3 Å². The summed E-state index contributed by atoms with van der Waals surface area (Å²) in [7, 11) is 0. The van der Waals surface area contributed by atoms with Crippen LogP contribution < -0.4 is 5.32 Å². The zero-order valence-corrected chi connectivity index (χ0v) is 17.4. The Morgan fingerprint density at radius 3 is 2.68 bits per heavy atom. The van der Waals surface area contributed by atoms with E-state index >= 15 is 0 Å². The number of aryl methyl sites for hydroxylation is 1. The normalized spacial score (nSPS) is 15.3. The average Bonchev–Trinajstić information content (AvgIpc) is 3.03. The number of hydrogen-bond acceptors (Lipinski definition) is 4. The number of aromatic nitrogens is 1. The number of carbonyl (C=O) groups excluding carboxylic acids is 1. The summed E-state index contributed by atoms with van der Waals surface area (Å²) in [5.74, 6) is 0.00738. The Balaban J connectivity index is 1.32. The largest absolute Gasteiger partial charge is 0.345 e. The third kappa shape index (κ3) is 4.74. The van der Waals surface area contributed by atoms with E-state index in [0.717, 1.165) is 49.1 Å². The number of amides is 1. The van der Waals surface area contributed by atoms with Gasteiger partial charge in [0.25, 0.3) is 5.69 Å². The monoisotopic (exact) mass is 424 g/mol. The molecule has 1 saturated heterocycles. The number of carbonyl (C=O) groups is 1. The molecule has 0 bridgehead atoms. The first kappa shape index (κ1) is 21.0. The molecule has 0 aliphatic carbocycles. The lowest BCUT2D eigenvalue weighted by Gasteiger charge is -2.32. The van der Waals surface area contributed by atoms with E-state index < -0.39 is 4.92 Å². The number of benzene rings is 2. The molecule has 2 heterocycles. The molecular formula is C23H25FN4O3. The van der Waals surface area contributed by atoms with Crippen molar-refractivity contribution in [3.05, 3.63) is 70.2 Å². The summed E-state index contributed by atoms with van der Waals surface area (Å²) in [5, 5.41) is 14.7. The number of fused-ring (bicyclic) bond motifs is 1. The molecule has 162 valence electrons. The SMILES string of the molecule is Cc1cc2cc(F)ccc2n1CC1CCN(CC(=O)Nc2ccccc2[N+](=O)[O-])CC1. The van der Waals surface area contributed by atoms with E-state index in [2.05, 4.69) is 14.8 Å². The lowest BCUT2D eigenvalue weighted by molar-refractivity contribution is -0.383. The average molecular weight is 424 g/mol. The first-order valence-corrected chi connectivity index (χ1v) is 10.4. The summed E-state index contributed by atoms with van der Waals surface area (Å²) >= 11 is 0. The number of nitrogens with zero attached hydrogens (tertiary/aromatic N) is 3. The maximum Gasteiger partial charge on any atom is 0.292 e. The van der Waals surface area contributed by atoms with Crippen LogP contribution in [0.1, 0.15) is 18.5 Å².